The Kier molecular flexibility index (Phi) is 1.77. The summed E-state index contributed by atoms with van der Waals surface area (Å²) in [6.07, 6.45) is 0. The SMILES string of the molecule is C[CH](C)[Ge]1([CH](C)C)[CH]=[CH]1. The molecule has 0 aromatic rings. The predicted octanol–water partition coefficient (Wildman–Crippen LogP) is 2.90. The zero-order valence-electron chi connectivity index (χ0n) is 6.81. The second kappa shape index (κ2) is 2.15. The van der Waals surface area contributed by atoms with Gasteiger partial charge in [0.15, 0.2) is 0 Å². The van der Waals surface area contributed by atoms with Gasteiger partial charge in [0.05, 0.1) is 0 Å². The van der Waals surface area contributed by atoms with Crippen LogP contribution in [0.5, 0.6) is 0 Å². The van der Waals surface area contributed by atoms with Gasteiger partial charge in [0, 0.05) is 0 Å². The average Bonchev–Trinajstić information content (AvgIpc) is 2.40. The molecule has 9 heavy (non-hydrogen) atoms. The van der Waals surface area contributed by atoms with Crippen molar-refractivity contribution in [2.45, 2.75) is 37.2 Å². The van der Waals surface area contributed by atoms with E-state index in [2.05, 4.69) is 37.5 Å². The van der Waals surface area contributed by atoms with Crippen molar-refractivity contribution in [1.82, 2.24) is 0 Å². The quantitative estimate of drug-likeness (QED) is 0.580. The van der Waals surface area contributed by atoms with Crippen molar-refractivity contribution in [3.63, 3.8) is 0 Å². The normalized spacial score (nSPS) is 21.6. The fourth-order valence-corrected chi connectivity index (χ4v) is 10.1. The van der Waals surface area contributed by atoms with Gasteiger partial charge in [-0.3, -0.25) is 0 Å². The molecule has 0 aliphatic carbocycles. The van der Waals surface area contributed by atoms with Crippen LogP contribution in [0.15, 0.2) is 9.82 Å². The van der Waals surface area contributed by atoms with Gasteiger partial charge in [-0.15, -0.1) is 0 Å². The van der Waals surface area contributed by atoms with Crippen LogP contribution in [0, 0.1) is 0 Å². The monoisotopic (exact) mass is 186 g/mol. The van der Waals surface area contributed by atoms with E-state index in [1.165, 1.54) is 0 Å². The number of hydrogen-bond donors (Lipinski definition) is 0. The summed E-state index contributed by atoms with van der Waals surface area (Å²) >= 11 is -1.33. The van der Waals surface area contributed by atoms with E-state index in [1.807, 2.05) is 0 Å². The van der Waals surface area contributed by atoms with Crippen LogP contribution in [0.3, 0.4) is 0 Å². The Morgan fingerprint density at radius 2 is 1.22 bits per heavy atom. The maximum absolute atomic E-state index is 2.52. The van der Waals surface area contributed by atoms with Crippen LogP contribution in [0.2, 0.25) is 9.50 Å². The van der Waals surface area contributed by atoms with E-state index in [0.717, 1.165) is 9.50 Å². The van der Waals surface area contributed by atoms with E-state index in [1.54, 1.807) is 0 Å². The van der Waals surface area contributed by atoms with E-state index < -0.39 is 13.3 Å². The van der Waals surface area contributed by atoms with Gasteiger partial charge in [0.2, 0.25) is 0 Å². The van der Waals surface area contributed by atoms with Crippen molar-refractivity contribution < 1.29 is 0 Å². The molecule has 0 saturated carbocycles. The number of rotatable bonds is 2. The Balaban J connectivity index is 2.54. The van der Waals surface area contributed by atoms with Gasteiger partial charge < -0.3 is 0 Å². The summed E-state index contributed by atoms with van der Waals surface area (Å²) in [5.74, 6) is 0. The molecule has 0 aromatic carbocycles. The first-order chi connectivity index (χ1) is 4.09. The van der Waals surface area contributed by atoms with Crippen LogP contribution >= 0.6 is 0 Å². The number of hydrogen-bond acceptors (Lipinski definition) is 0. The summed E-state index contributed by atoms with van der Waals surface area (Å²) < 4.78 is 1.95. The Hall–Kier alpha value is 0.283. The Labute approximate surface area is 60.7 Å². The van der Waals surface area contributed by atoms with Crippen LogP contribution in [0.25, 0.3) is 0 Å². The van der Waals surface area contributed by atoms with Crippen LogP contribution in [0.1, 0.15) is 27.7 Å². The second-order valence-corrected chi connectivity index (χ2v) is 14.1. The van der Waals surface area contributed by atoms with E-state index in [0.29, 0.717) is 0 Å². The Bertz CT molecular complexity index is 118. The first kappa shape index (κ1) is 7.39. The molecule has 0 atom stereocenters. The molecule has 0 fully saturated rings. The van der Waals surface area contributed by atoms with Crippen molar-refractivity contribution in [3.05, 3.63) is 9.82 Å². The second-order valence-electron chi connectivity index (χ2n) is 3.64. The fourth-order valence-electron chi connectivity index (χ4n) is 1.53. The van der Waals surface area contributed by atoms with E-state index in [-0.39, 0.29) is 0 Å². The van der Waals surface area contributed by atoms with Crippen molar-refractivity contribution in [2.75, 3.05) is 0 Å². The first-order valence-corrected chi connectivity index (χ1v) is 8.64. The van der Waals surface area contributed by atoms with Crippen LogP contribution in [-0.2, 0) is 0 Å². The van der Waals surface area contributed by atoms with Gasteiger partial charge in [-0.2, -0.15) is 0 Å². The Morgan fingerprint density at radius 1 is 0.889 bits per heavy atom. The van der Waals surface area contributed by atoms with Crippen LogP contribution in [-0.4, -0.2) is 13.3 Å². The minimum absolute atomic E-state index is 0.977. The summed E-state index contributed by atoms with van der Waals surface area (Å²) in [5.41, 5.74) is 0. The zero-order valence-corrected chi connectivity index (χ0v) is 8.91. The Morgan fingerprint density at radius 3 is 1.22 bits per heavy atom. The minimum atomic E-state index is -1.33. The van der Waals surface area contributed by atoms with Crippen molar-refractivity contribution in [3.8, 4) is 0 Å². The molecule has 1 aliphatic heterocycles. The molecule has 0 nitrogen and oxygen atoms in total. The molecule has 0 unspecified atom stereocenters. The molecule has 0 bridgehead atoms. The third-order valence-electron chi connectivity index (χ3n) is 2.55. The summed E-state index contributed by atoms with van der Waals surface area (Å²) in [6, 6.07) is 0. The maximum atomic E-state index is 2.52. The molecule has 0 saturated heterocycles. The summed E-state index contributed by atoms with van der Waals surface area (Å²) in [4.78, 5) is 5.05. The molecule has 1 heterocycles. The van der Waals surface area contributed by atoms with Crippen molar-refractivity contribution in [2.24, 2.45) is 0 Å². The standard InChI is InChI=1S/C8H16Ge/c1-7(2)9(5-6-9)8(3)4/h5-8H,1-4H3. The van der Waals surface area contributed by atoms with E-state index in [9.17, 15) is 0 Å². The van der Waals surface area contributed by atoms with Crippen molar-refractivity contribution >= 4 is 13.3 Å². The van der Waals surface area contributed by atoms with Gasteiger partial charge in [0.25, 0.3) is 0 Å². The van der Waals surface area contributed by atoms with Crippen LogP contribution in [0.4, 0.5) is 0 Å². The fraction of sp³-hybridized carbons (Fsp3) is 0.750. The van der Waals surface area contributed by atoms with Crippen LogP contribution < -0.4 is 0 Å². The first-order valence-electron chi connectivity index (χ1n) is 3.80. The summed E-state index contributed by atoms with van der Waals surface area (Å²) in [6.45, 7) is 9.50. The summed E-state index contributed by atoms with van der Waals surface area (Å²) in [5, 5.41) is 0. The van der Waals surface area contributed by atoms with E-state index in [4.69, 9.17) is 0 Å². The molecular weight excluding hydrogens is 169 g/mol. The third kappa shape index (κ3) is 1.09. The molecule has 1 rings (SSSR count). The molecule has 0 aromatic heterocycles. The third-order valence-corrected chi connectivity index (χ3v) is 13.3. The molecule has 0 N–H and O–H groups in total. The molecule has 1 aliphatic rings. The van der Waals surface area contributed by atoms with Gasteiger partial charge >= 0.3 is 60.3 Å². The molecule has 0 spiro atoms. The van der Waals surface area contributed by atoms with E-state index >= 15 is 0 Å². The average molecular weight is 185 g/mol. The van der Waals surface area contributed by atoms with Gasteiger partial charge in [0.1, 0.15) is 0 Å². The molecule has 1 heteroatoms. The zero-order chi connectivity index (χ0) is 7.07. The van der Waals surface area contributed by atoms with Crippen molar-refractivity contribution in [1.29, 1.82) is 0 Å². The van der Waals surface area contributed by atoms with Gasteiger partial charge in [-0.25, -0.2) is 0 Å². The molecule has 0 radical (unpaired) electrons. The molecule has 0 amide bonds. The molecule has 52 valence electrons. The van der Waals surface area contributed by atoms with Gasteiger partial charge in [-0.05, 0) is 0 Å². The topological polar surface area (TPSA) is 0 Å². The summed E-state index contributed by atoms with van der Waals surface area (Å²) in [7, 11) is 0. The predicted molar refractivity (Wildman–Crippen MR) is 45.1 cm³/mol. The van der Waals surface area contributed by atoms with Gasteiger partial charge in [-0.1, -0.05) is 0 Å². The molecular formula is C8H16Ge.